The lowest BCUT2D eigenvalue weighted by atomic mass is 9.92. The molecule has 1 aliphatic rings. The van der Waals surface area contributed by atoms with Crippen LogP contribution in [0.5, 0.6) is 5.75 Å². The number of ether oxygens (including phenoxy) is 2. The second-order valence-corrected chi connectivity index (χ2v) is 3.74. The third-order valence-electron chi connectivity index (χ3n) is 2.65. The van der Waals surface area contributed by atoms with E-state index in [0.717, 1.165) is 6.42 Å². The second kappa shape index (κ2) is 4.16. The number of aliphatic hydroxyl groups is 1. The van der Waals surface area contributed by atoms with Crippen LogP contribution in [-0.2, 0) is 10.3 Å². The molecule has 82 valence electrons. The Morgan fingerprint density at radius 3 is 3.13 bits per heavy atom. The molecule has 1 aliphatic heterocycles. The van der Waals surface area contributed by atoms with Crippen molar-refractivity contribution in [2.24, 2.45) is 0 Å². The number of rotatable bonds is 2. The predicted octanol–water partition coefficient (Wildman–Crippen LogP) is 1.09. The molecule has 0 amide bonds. The van der Waals surface area contributed by atoms with Gasteiger partial charge in [0.25, 0.3) is 0 Å². The summed E-state index contributed by atoms with van der Waals surface area (Å²) in [6.07, 6.45) is 3.17. The van der Waals surface area contributed by atoms with Crippen molar-refractivity contribution in [3.8, 4) is 5.75 Å². The fourth-order valence-corrected chi connectivity index (χ4v) is 1.87. The molecule has 0 spiro atoms. The first-order valence-corrected chi connectivity index (χ1v) is 5.06. The van der Waals surface area contributed by atoms with Gasteiger partial charge in [0.05, 0.1) is 13.7 Å². The quantitative estimate of drug-likeness (QED) is 0.792. The number of methoxy groups -OCH3 is 1. The summed E-state index contributed by atoms with van der Waals surface area (Å²) in [4.78, 5) is 4.19. The Hall–Kier alpha value is -1.13. The van der Waals surface area contributed by atoms with E-state index in [1.165, 1.54) is 0 Å². The molecule has 2 heterocycles. The first-order valence-electron chi connectivity index (χ1n) is 5.06. The van der Waals surface area contributed by atoms with Gasteiger partial charge in [0.15, 0.2) is 0 Å². The molecule has 0 saturated carbocycles. The maximum Gasteiger partial charge on any atom is 0.143 e. The number of hydrogen-bond donors (Lipinski definition) is 1. The Labute approximate surface area is 88.9 Å². The van der Waals surface area contributed by atoms with Crippen molar-refractivity contribution >= 4 is 0 Å². The molecule has 0 aliphatic carbocycles. The fraction of sp³-hybridized carbons (Fsp3) is 0.545. The van der Waals surface area contributed by atoms with Gasteiger partial charge in [-0.1, -0.05) is 0 Å². The number of nitrogens with zero attached hydrogens (tertiary/aromatic N) is 1. The maximum absolute atomic E-state index is 10.4. The molecular weight excluding hydrogens is 194 g/mol. The van der Waals surface area contributed by atoms with Crippen LogP contribution in [0, 0.1) is 0 Å². The summed E-state index contributed by atoms with van der Waals surface area (Å²) in [5.41, 5.74) is -0.419. The van der Waals surface area contributed by atoms with E-state index in [1.807, 2.05) is 0 Å². The fourth-order valence-electron chi connectivity index (χ4n) is 1.87. The van der Waals surface area contributed by atoms with Crippen LogP contribution in [0.2, 0.25) is 0 Å². The van der Waals surface area contributed by atoms with Gasteiger partial charge in [0.2, 0.25) is 0 Å². The van der Waals surface area contributed by atoms with Gasteiger partial charge in [-0.25, -0.2) is 0 Å². The lowest BCUT2D eigenvalue weighted by Gasteiger charge is -2.32. The molecule has 1 aromatic heterocycles. The Bertz CT molecular complexity index is 334. The molecule has 1 atom stereocenters. The third kappa shape index (κ3) is 1.96. The van der Waals surface area contributed by atoms with E-state index < -0.39 is 5.60 Å². The Morgan fingerprint density at radius 1 is 1.60 bits per heavy atom. The first-order chi connectivity index (χ1) is 7.26. The number of hydrogen-bond acceptors (Lipinski definition) is 4. The second-order valence-electron chi connectivity index (χ2n) is 3.74. The summed E-state index contributed by atoms with van der Waals surface area (Å²) >= 11 is 0. The maximum atomic E-state index is 10.4. The molecular formula is C11H15NO3. The predicted molar refractivity (Wildman–Crippen MR) is 54.7 cm³/mol. The molecule has 1 saturated heterocycles. The summed E-state index contributed by atoms with van der Waals surface area (Å²) in [5, 5.41) is 10.4. The van der Waals surface area contributed by atoms with Crippen LogP contribution in [0.25, 0.3) is 0 Å². The zero-order valence-electron chi connectivity index (χ0n) is 8.77. The molecule has 2 rings (SSSR count). The van der Waals surface area contributed by atoms with E-state index in [1.54, 1.807) is 25.4 Å². The molecule has 0 radical (unpaired) electrons. The molecule has 1 fully saturated rings. The van der Waals surface area contributed by atoms with Crippen LogP contribution in [-0.4, -0.2) is 30.4 Å². The molecule has 1 N–H and O–H groups in total. The summed E-state index contributed by atoms with van der Waals surface area (Å²) in [6.45, 7) is 0.998. The molecule has 0 bridgehead atoms. The normalized spacial score (nSPS) is 26.3. The topological polar surface area (TPSA) is 51.6 Å². The Kier molecular flexibility index (Phi) is 2.88. The average molecular weight is 209 g/mol. The van der Waals surface area contributed by atoms with E-state index in [9.17, 15) is 5.11 Å². The van der Waals surface area contributed by atoms with Gasteiger partial charge in [-0.2, -0.15) is 0 Å². The van der Waals surface area contributed by atoms with Crippen molar-refractivity contribution < 1.29 is 14.6 Å². The van der Waals surface area contributed by atoms with Gasteiger partial charge in [0, 0.05) is 12.8 Å². The molecule has 4 heteroatoms. The van der Waals surface area contributed by atoms with Crippen LogP contribution >= 0.6 is 0 Å². The zero-order chi connectivity index (χ0) is 10.7. The molecule has 4 nitrogen and oxygen atoms in total. The van der Waals surface area contributed by atoms with Crippen molar-refractivity contribution in [1.29, 1.82) is 0 Å². The lowest BCUT2D eigenvalue weighted by Crippen LogP contribution is -2.37. The largest absolute Gasteiger partial charge is 0.495 e. The standard InChI is InChI=1S/C11H15NO3/c1-14-9-4-2-6-12-10(9)11(13)5-3-7-15-8-11/h2,4,6,13H,3,5,7-8H2,1H3. The van der Waals surface area contributed by atoms with E-state index >= 15 is 0 Å². The van der Waals surface area contributed by atoms with Crippen LogP contribution < -0.4 is 4.74 Å². The number of pyridine rings is 1. The third-order valence-corrected chi connectivity index (χ3v) is 2.65. The minimum atomic E-state index is -0.995. The average Bonchev–Trinajstić information content (AvgIpc) is 2.30. The lowest BCUT2D eigenvalue weighted by molar-refractivity contribution is -0.0938. The van der Waals surface area contributed by atoms with Gasteiger partial charge in [-0.05, 0) is 25.0 Å². The van der Waals surface area contributed by atoms with Crippen molar-refractivity contribution in [2.75, 3.05) is 20.3 Å². The highest BCUT2D eigenvalue weighted by Crippen LogP contribution is 2.34. The minimum absolute atomic E-state index is 0.292. The van der Waals surface area contributed by atoms with Gasteiger partial charge in [-0.3, -0.25) is 4.98 Å². The van der Waals surface area contributed by atoms with Gasteiger partial charge in [0.1, 0.15) is 17.0 Å². The first kappa shape index (κ1) is 10.4. The van der Waals surface area contributed by atoms with Gasteiger partial charge < -0.3 is 14.6 Å². The summed E-state index contributed by atoms with van der Waals surface area (Å²) in [5.74, 6) is 0.616. The summed E-state index contributed by atoms with van der Waals surface area (Å²) in [7, 11) is 1.58. The Morgan fingerprint density at radius 2 is 2.47 bits per heavy atom. The summed E-state index contributed by atoms with van der Waals surface area (Å²) in [6, 6.07) is 3.59. The molecule has 0 aromatic carbocycles. The highest BCUT2D eigenvalue weighted by atomic mass is 16.5. The van der Waals surface area contributed by atoms with E-state index in [0.29, 0.717) is 31.1 Å². The van der Waals surface area contributed by atoms with Crippen molar-refractivity contribution in [3.05, 3.63) is 24.0 Å². The summed E-state index contributed by atoms with van der Waals surface area (Å²) < 4.78 is 10.5. The Balaban J connectivity index is 2.34. The van der Waals surface area contributed by atoms with Crippen LogP contribution in [0.15, 0.2) is 18.3 Å². The SMILES string of the molecule is COc1cccnc1C1(O)CCCOC1. The van der Waals surface area contributed by atoms with Crippen molar-refractivity contribution in [1.82, 2.24) is 4.98 Å². The van der Waals surface area contributed by atoms with Gasteiger partial charge in [-0.15, -0.1) is 0 Å². The zero-order valence-corrected chi connectivity index (χ0v) is 8.77. The molecule has 1 unspecified atom stereocenters. The molecule has 1 aromatic rings. The van der Waals surface area contributed by atoms with E-state index in [4.69, 9.17) is 9.47 Å². The minimum Gasteiger partial charge on any atom is -0.495 e. The van der Waals surface area contributed by atoms with Gasteiger partial charge >= 0.3 is 0 Å². The highest BCUT2D eigenvalue weighted by molar-refractivity contribution is 5.32. The van der Waals surface area contributed by atoms with Crippen molar-refractivity contribution in [3.63, 3.8) is 0 Å². The molecule has 15 heavy (non-hydrogen) atoms. The van der Waals surface area contributed by atoms with Crippen LogP contribution in [0.4, 0.5) is 0 Å². The number of aromatic nitrogens is 1. The van der Waals surface area contributed by atoms with E-state index in [-0.39, 0.29) is 0 Å². The van der Waals surface area contributed by atoms with Crippen LogP contribution in [0.1, 0.15) is 18.5 Å². The van der Waals surface area contributed by atoms with E-state index in [2.05, 4.69) is 4.98 Å². The highest BCUT2D eigenvalue weighted by Gasteiger charge is 2.36. The van der Waals surface area contributed by atoms with Crippen molar-refractivity contribution in [2.45, 2.75) is 18.4 Å². The smallest absolute Gasteiger partial charge is 0.143 e. The monoisotopic (exact) mass is 209 g/mol. The van der Waals surface area contributed by atoms with Crippen LogP contribution in [0.3, 0.4) is 0 Å².